The van der Waals surface area contributed by atoms with E-state index in [1.807, 2.05) is 12.1 Å². The fourth-order valence-corrected chi connectivity index (χ4v) is 1.22. The number of rotatable bonds is 7. The summed E-state index contributed by atoms with van der Waals surface area (Å²) >= 11 is 0. The molecule has 22 heavy (non-hydrogen) atoms. The van der Waals surface area contributed by atoms with Crippen molar-refractivity contribution in [2.45, 2.75) is 38.5 Å². The van der Waals surface area contributed by atoms with E-state index in [1.54, 1.807) is 0 Å². The van der Waals surface area contributed by atoms with Crippen molar-refractivity contribution < 1.29 is 19.1 Å². The lowest BCUT2D eigenvalue weighted by Gasteiger charge is -2.02. The maximum absolute atomic E-state index is 11.3. The third-order valence-corrected chi connectivity index (χ3v) is 2.21. The second kappa shape index (κ2) is 14.4. The highest BCUT2D eigenvalue weighted by Crippen LogP contribution is 2.02. The Morgan fingerprint density at radius 3 is 1.50 bits per heavy atom. The third kappa shape index (κ3) is 13.5. The molecule has 0 amide bonds. The predicted molar refractivity (Wildman–Crippen MR) is 76.4 cm³/mol. The zero-order valence-corrected chi connectivity index (χ0v) is 12.2. The Hall–Kier alpha value is -2.96. The van der Waals surface area contributed by atoms with E-state index in [2.05, 4.69) is 23.7 Å². The molecule has 0 atom stereocenters. The average Bonchev–Trinajstić information content (AvgIpc) is 2.51. The van der Waals surface area contributed by atoms with Crippen LogP contribution >= 0.6 is 0 Å². The van der Waals surface area contributed by atoms with Gasteiger partial charge >= 0.3 is 11.9 Å². The van der Waals surface area contributed by atoms with Crippen LogP contribution in [0.1, 0.15) is 38.5 Å². The van der Waals surface area contributed by atoms with Crippen molar-refractivity contribution in [2.75, 3.05) is 13.2 Å². The van der Waals surface area contributed by atoms with E-state index < -0.39 is 0 Å². The molecule has 0 rings (SSSR count). The van der Waals surface area contributed by atoms with Gasteiger partial charge < -0.3 is 9.47 Å². The van der Waals surface area contributed by atoms with Gasteiger partial charge in [0.1, 0.15) is 0 Å². The Labute approximate surface area is 130 Å². The summed E-state index contributed by atoms with van der Waals surface area (Å²) in [7, 11) is 0. The lowest BCUT2D eigenvalue weighted by molar-refractivity contribution is -0.144. The molecule has 0 heterocycles. The van der Waals surface area contributed by atoms with E-state index >= 15 is 0 Å². The molecule has 0 aromatic rings. The van der Waals surface area contributed by atoms with Crippen LogP contribution in [0, 0.1) is 46.3 Å². The van der Waals surface area contributed by atoms with Crippen LogP contribution in [0.4, 0.5) is 0 Å². The summed E-state index contributed by atoms with van der Waals surface area (Å²) in [5.41, 5.74) is 0. The minimum atomic E-state index is -0.387. The SMILES string of the molecule is N#CCC#CCOC(=O)CCCCC(=O)OCC#CCC#N. The van der Waals surface area contributed by atoms with Crippen molar-refractivity contribution in [3.8, 4) is 35.8 Å². The van der Waals surface area contributed by atoms with Crippen molar-refractivity contribution >= 4 is 11.9 Å². The second-order valence-electron chi connectivity index (χ2n) is 3.91. The monoisotopic (exact) mass is 300 g/mol. The van der Waals surface area contributed by atoms with E-state index in [0.717, 1.165) is 0 Å². The van der Waals surface area contributed by atoms with Crippen LogP contribution in [0.3, 0.4) is 0 Å². The number of carbonyl (C=O) groups excluding carboxylic acids is 2. The molecule has 0 aliphatic rings. The molecule has 6 heteroatoms. The van der Waals surface area contributed by atoms with Gasteiger partial charge in [0.15, 0.2) is 13.2 Å². The van der Waals surface area contributed by atoms with Crippen LogP contribution in [0.5, 0.6) is 0 Å². The Balaban J connectivity index is 3.56. The molecular weight excluding hydrogens is 284 g/mol. The molecule has 0 aromatic heterocycles. The Morgan fingerprint density at radius 2 is 1.14 bits per heavy atom. The second-order valence-corrected chi connectivity index (χ2v) is 3.91. The molecule has 0 spiro atoms. The van der Waals surface area contributed by atoms with Crippen molar-refractivity contribution in [3.63, 3.8) is 0 Å². The molecule has 6 nitrogen and oxygen atoms in total. The Morgan fingerprint density at radius 1 is 0.727 bits per heavy atom. The van der Waals surface area contributed by atoms with Gasteiger partial charge in [-0.2, -0.15) is 10.5 Å². The first-order valence-electron chi connectivity index (χ1n) is 6.67. The first kappa shape index (κ1) is 19.0. The minimum absolute atomic E-state index is 0.0239. The van der Waals surface area contributed by atoms with Crippen LogP contribution in [0.15, 0.2) is 0 Å². The van der Waals surface area contributed by atoms with Crippen LogP contribution in [0.25, 0.3) is 0 Å². The topological polar surface area (TPSA) is 100 Å². The molecule has 0 aromatic carbocycles. The molecule has 114 valence electrons. The highest BCUT2D eigenvalue weighted by atomic mass is 16.5. The molecule has 0 aliphatic heterocycles. The molecule has 0 unspecified atom stereocenters. The number of nitriles is 2. The van der Waals surface area contributed by atoms with Gasteiger partial charge in [-0.1, -0.05) is 23.7 Å². The number of esters is 2. The van der Waals surface area contributed by atoms with E-state index in [9.17, 15) is 9.59 Å². The highest BCUT2D eigenvalue weighted by Gasteiger charge is 2.05. The van der Waals surface area contributed by atoms with Gasteiger partial charge in [0, 0.05) is 12.8 Å². The number of nitrogens with zero attached hydrogens (tertiary/aromatic N) is 2. The number of hydrogen-bond acceptors (Lipinski definition) is 6. The summed E-state index contributed by atoms with van der Waals surface area (Å²) < 4.78 is 9.63. The molecule has 0 bridgehead atoms. The van der Waals surface area contributed by atoms with Crippen LogP contribution < -0.4 is 0 Å². The third-order valence-electron chi connectivity index (χ3n) is 2.21. The molecule has 0 fully saturated rings. The van der Waals surface area contributed by atoms with Crippen molar-refractivity contribution in [2.24, 2.45) is 0 Å². The summed E-state index contributed by atoms with van der Waals surface area (Å²) in [6.07, 6.45) is 1.66. The molecule has 0 saturated heterocycles. The fraction of sp³-hybridized carbons (Fsp3) is 0.500. The lowest BCUT2D eigenvalue weighted by atomic mass is 10.2. The molecule has 0 saturated carbocycles. The van der Waals surface area contributed by atoms with Crippen LogP contribution in [-0.2, 0) is 19.1 Å². The molecule has 0 N–H and O–H groups in total. The lowest BCUT2D eigenvalue weighted by Crippen LogP contribution is -2.07. The van der Waals surface area contributed by atoms with Gasteiger partial charge in [0.25, 0.3) is 0 Å². The van der Waals surface area contributed by atoms with Gasteiger partial charge in [-0.05, 0) is 12.8 Å². The maximum Gasteiger partial charge on any atom is 0.306 e. The largest absolute Gasteiger partial charge is 0.452 e. The number of carbonyl (C=O) groups is 2. The summed E-state index contributed by atoms with van der Waals surface area (Å²) in [6, 6.07) is 3.70. The van der Waals surface area contributed by atoms with Gasteiger partial charge in [0.2, 0.25) is 0 Å². The summed E-state index contributed by atoms with van der Waals surface area (Å²) in [4.78, 5) is 22.6. The average molecular weight is 300 g/mol. The fourth-order valence-electron chi connectivity index (χ4n) is 1.22. The highest BCUT2D eigenvalue weighted by molar-refractivity contribution is 5.70. The maximum atomic E-state index is 11.3. The summed E-state index contributed by atoms with van der Waals surface area (Å²) in [5, 5.41) is 16.5. The summed E-state index contributed by atoms with van der Waals surface area (Å²) in [5.74, 6) is 9.36. The zero-order chi connectivity index (χ0) is 16.5. The normalized spacial score (nSPS) is 8.09. The Kier molecular flexibility index (Phi) is 12.5. The van der Waals surface area contributed by atoms with Crippen LogP contribution in [0.2, 0.25) is 0 Å². The Bertz CT molecular complexity index is 509. The smallest absolute Gasteiger partial charge is 0.306 e. The molecule has 0 aliphatic carbocycles. The predicted octanol–water partition coefficient (Wildman–Crippen LogP) is 1.47. The number of hydrogen-bond donors (Lipinski definition) is 0. The quantitative estimate of drug-likeness (QED) is 0.401. The number of ether oxygens (including phenoxy) is 2. The minimum Gasteiger partial charge on any atom is -0.452 e. The van der Waals surface area contributed by atoms with Crippen molar-refractivity contribution in [1.82, 2.24) is 0 Å². The first-order valence-corrected chi connectivity index (χ1v) is 6.67. The van der Waals surface area contributed by atoms with Gasteiger partial charge in [-0.15, -0.1) is 0 Å². The van der Waals surface area contributed by atoms with E-state index in [-0.39, 0.29) is 50.8 Å². The zero-order valence-electron chi connectivity index (χ0n) is 12.2. The standard InChI is InChI=1S/C16H16N2O4/c17-11-5-1-7-13-21-15(19)9-3-4-10-16(20)22-14-8-2-6-12-18/h3-6,9-10,13-14H2. The first-order chi connectivity index (χ1) is 10.7. The van der Waals surface area contributed by atoms with Gasteiger partial charge in [-0.25, -0.2) is 0 Å². The molecule has 0 radical (unpaired) electrons. The molecular formula is C16H16N2O4. The van der Waals surface area contributed by atoms with Crippen molar-refractivity contribution in [1.29, 1.82) is 10.5 Å². The van der Waals surface area contributed by atoms with E-state index in [4.69, 9.17) is 20.0 Å². The van der Waals surface area contributed by atoms with E-state index in [1.165, 1.54) is 0 Å². The van der Waals surface area contributed by atoms with Gasteiger partial charge in [-0.3, -0.25) is 9.59 Å². The van der Waals surface area contributed by atoms with Gasteiger partial charge in [0.05, 0.1) is 25.0 Å². The number of unbranched alkanes of at least 4 members (excludes halogenated alkanes) is 1. The van der Waals surface area contributed by atoms with Crippen LogP contribution in [-0.4, -0.2) is 25.2 Å². The van der Waals surface area contributed by atoms with Crippen molar-refractivity contribution in [3.05, 3.63) is 0 Å². The van der Waals surface area contributed by atoms with E-state index in [0.29, 0.717) is 12.8 Å². The summed E-state index contributed by atoms with van der Waals surface area (Å²) in [6.45, 7) is -0.0478.